The van der Waals surface area contributed by atoms with Crippen molar-refractivity contribution in [3.63, 3.8) is 0 Å². The van der Waals surface area contributed by atoms with Gasteiger partial charge in [0.1, 0.15) is 4.91 Å². The van der Waals surface area contributed by atoms with E-state index in [9.17, 15) is 18.0 Å². The number of alkyl halides is 1. The van der Waals surface area contributed by atoms with Crippen LogP contribution in [-0.2, 0) is 9.84 Å². The summed E-state index contributed by atoms with van der Waals surface area (Å²) in [5.74, 6) is -1.60. The van der Waals surface area contributed by atoms with Crippen LogP contribution >= 0.6 is 11.6 Å². The Morgan fingerprint density at radius 1 is 1.06 bits per heavy atom. The van der Waals surface area contributed by atoms with Gasteiger partial charge in [-0.3, -0.25) is 9.59 Å². The van der Waals surface area contributed by atoms with Crippen molar-refractivity contribution < 1.29 is 18.0 Å². The molecule has 0 saturated carbocycles. The molecule has 0 aromatic heterocycles. The fourth-order valence-corrected chi connectivity index (χ4v) is 3.45. The number of hydrogen-bond donors (Lipinski definition) is 0. The lowest BCUT2D eigenvalue weighted by molar-refractivity contribution is 0.0990. The van der Waals surface area contributed by atoms with Crippen LogP contribution in [0.4, 0.5) is 0 Å². The first-order chi connectivity index (χ1) is 8.47. The van der Waals surface area contributed by atoms with Crippen molar-refractivity contribution in [2.24, 2.45) is 0 Å². The van der Waals surface area contributed by atoms with Crippen LogP contribution in [0.15, 0.2) is 35.2 Å². The van der Waals surface area contributed by atoms with E-state index in [-0.39, 0.29) is 22.8 Å². The molecule has 6 heteroatoms. The molecule has 1 aromatic carbocycles. The molecule has 0 N–H and O–H groups in total. The monoisotopic (exact) mass is 284 g/mol. The van der Waals surface area contributed by atoms with Gasteiger partial charge in [-0.2, -0.15) is 0 Å². The van der Waals surface area contributed by atoms with E-state index in [2.05, 4.69) is 0 Å². The highest BCUT2D eigenvalue weighted by molar-refractivity contribution is 7.96. The highest BCUT2D eigenvalue weighted by Crippen LogP contribution is 2.24. The normalized spacial score (nSPS) is 15.3. The predicted molar refractivity (Wildman–Crippen MR) is 67.7 cm³/mol. The average Bonchev–Trinajstić information content (AvgIpc) is 2.33. The molecule has 1 aliphatic rings. The van der Waals surface area contributed by atoms with Gasteiger partial charge in [0.25, 0.3) is 0 Å². The fourth-order valence-electron chi connectivity index (χ4n) is 1.73. The molecule has 0 heterocycles. The summed E-state index contributed by atoms with van der Waals surface area (Å²) in [5, 5.41) is 0. The number of hydrogen-bond acceptors (Lipinski definition) is 4. The van der Waals surface area contributed by atoms with Crippen molar-refractivity contribution in [3.8, 4) is 0 Å². The molecule has 2 rings (SSSR count). The Morgan fingerprint density at radius 3 is 2.28 bits per heavy atom. The summed E-state index contributed by atoms with van der Waals surface area (Å²) in [6.07, 6.45) is 0.881. The molecule has 18 heavy (non-hydrogen) atoms. The number of halogens is 1. The van der Waals surface area contributed by atoms with Gasteiger partial charge in [0.05, 0.1) is 5.75 Å². The minimum atomic E-state index is -3.80. The lowest BCUT2D eigenvalue weighted by Crippen LogP contribution is -2.24. The number of Topliss-reactive ketones (excluding diaryl/α,β-unsaturated/α-hetero) is 1. The summed E-state index contributed by atoms with van der Waals surface area (Å²) in [7, 11) is -3.80. The number of allylic oxidation sites excluding steroid dienone is 2. The minimum Gasteiger partial charge on any atom is -0.289 e. The molecule has 0 unspecified atom stereocenters. The smallest absolute Gasteiger partial charge is 0.205 e. The van der Waals surface area contributed by atoms with Crippen molar-refractivity contribution in [3.05, 3.63) is 46.4 Å². The summed E-state index contributed by atoms with van der Waals surface area (Å²) in [6, 6.07) is 6.15. The van der Waals surface area contributed by atoms with Crippen LogP contribution in [-0.4, -0.2) is 31.6 Å². The Morgan fingerprint density at radius 2 is 1.67 bits per heavy atom. The van der Waals surface area contributed by atoms with Gasteiger partial charge >= 0.3 is 0 Å². The molecule has 94 valence electrons. The zero-order chi connectivity index (χ0) is 13.3. The fraction of sp³-hybridized carbons (Fsp3) is 0.167. The maximum atomic E-state index is 12.0. The van der Waals surface area contributed by atoms with E-state index in [4.69, 9.17) is 11.6 Å². The Balaban J connectivity index is 2.56. The van der Waals surface area contributed by atoms with Crippen molar-refractivity contribution in [1.29, 1.82) is 0 Å². The van der Waals surface area contributed by atoms with E-state index in [0.717, 1.165) is 6.08 Å². The van der Waals surface area contributed by atoms with Gasteiger partial charge in [-0.05, 0) is 0 Å². The number of fused-ring (bicyclic) bond motifs is 1. The third kappa shape index (κ3) is 2.11. The second-order valence-electron chi connectivity index (χ2n) is 3.76. The molecule has 4 nitrogen and oxygen atoms in total. The molecule has 0 amide bonds. The molecule has 0 atom stereocenters. The summed E-state index contributed by atoms with van der Waals surface area (Å²) in [5.41, 5.74) is 0.352. The number of carbonyl (C=O) groups excluding carboxylic acids is 2. The van der Waals surface area contributed by atoms with Gasteiger partial charge in [-0.15, -0.1) is 11.6 Å². The first-order valence-corrected chi connectivity index (χ1v) is 7.34. The van der Waals surface area contributed by atoms with Crippen LogP contribution in [0.25, 0.3) is 0 Å². The van der Waals surface area contributed by atoms with E-state index in [1.807, 2.05) is 0 Å². The molecule has 1 aliphatic carbocycles. The van der Waals surface area contributed by atoms with Gasteiger partial charge in [-0.1, -0.05) is 24.3 Å². The van der Waals surface area contributed by atoms with E-state index >= 15 is 0 Å². The number of rotatable bonds is 3. The zero-order valence-electron chi connectivity index (χ0n) is 9.22. The number of ketones is 2. The lowest BCUT2D eigenvalue weighted by atomic mass is 9.95. The van der Waals surface area contributed by atoms with Crippen LogP contribution in [0.3, 0.4) is 0 Å². The molecular formula is C12H9ClO4S. The van der Waals surface area contributed by atoms with Crippen LogP contribution in [0.2, 0.25) is 0 Å². The van der Waals surface area contributed by atoms with Crippen molar-refractivity contribution in [1.82, 2.24) is 0 Å². The molecule has 0 bridgehead atoms. The van der Waals surface area contributed by atoms with Gasteiger partial charge in [0.15, 0.2) is 15.6 Å². The molecule has 0 aliphatic heterocycles. The molecule has 0 spiro atoms. The largest absolute Gasteiger partial charge is 0.289 e. The van der Waals surface area contributed by atoms with Crippen molar-refractivity contribution in [2.75, 3.05) is 11.6 Å². The average molecular weight is 285 g/mol. The second kappa shape index (κ2) is 4.66. The zero-order valence-corrected chi connectivity index (χ0v) is 10.8. The first-order valence-electron chi connectivity index (χ1n) is 5.16. The highest BCUT2D eigenvalue weighted by Gasteiger charge is 2.32. The summed E-state index contributed by atoms with van der Waals surface area (Å²) in [6.45, 7) is 0. The predicted octanol–water partition coefficient (Wildman–Crippen LogP) is 1.60. The molecule has 1 aromatic rings. The topological polar surface area (TPSA) is 68.3 Å². The second-order valence-corrected chi connectivity index (χ2v) is 6.21. The molecule has 0 saturated heterocycles. The Bertz CT molecular complexity index is 658. The van der Waals surface area contributed by atoms with Crippen LogP contribution < -0.4 is 0 Å². The summed E-state index contributed by atoms with van der Waals surface area (Å²) in [4.78, 5) is 23.3. The quantitative estimate of drug-likeness (QED) is 0.791. The highest BCUT2D eigenvalue weighted by atomic mass is 35.5. The van der Waals surface area contributed by atoms with E-state index in [1.54, 1.807) is 12.1 Å². The van der Waals surface area contributed by atoms with Crippen molar-refractivity contribution >= 4 is 33.0 Å². The molecule has 0 radical (unpaired) electrons. The van der Waals surface area contributed by atoms with E-state index in [1.165, 1.54) is 12.1 Å². The summed E-state index contributed by atoms with van der Waals surface area (Å²) < 4.78 is 23.7. The van der Waals surface area contributed by atoms with E-state index in [0.29, 0.717) is 0 Å². The first kappa shape index (κ1) is 13.0. The number of benzene rings is 1. The Kier molecular flexibility index (Phi) is 3.36. The van der Waals surface area contributed by atoms with Gasteiger partial charge in [-0.25, -0.2) is 8.42 Å². The Labute approximate surface area is 109 Å². The van der Waals surface area contributed by atoms with Crippen LogP contribution in [0.5, 0.6) is 0 Å². The maximum Gasteiger partial charge on any atom is 0.205 e. The molecular weight excluding hydrogens is 276 g/mol. The SMILES string of the molecule is O=C1C=C(S(=O)(=O)CCCl)C(=O)c2ccccc21. The Hall–Kier alpha value is -1.46. The van der Waals surface area contributed by atoms with Gasteiger partial charge < -0.3 is 0 Å². The molecule has 0 fully saturated rings. The third-order valence-electron chi connectivity index (χ3n) is 2.60. The van der Waals surface area contributed by atoms with Gasteiger partial charge in [0, 0.05) is 23.1 Å². The summed E-state index contributed by atoms with van der Waals surface area (Å²) >= 11 is 5.39. The van der Waals surface area contributed by atoms with Crippen molar-refractivity contribution in [2.45, 2.75) is 0 Å². The minimum absolute atomic E-state index is 0.122. The standard InChI is InChI=1S/C12H9ClO4S/c13-5-6-18(16,17)11-7-10(14)8-3-1-2-4-9(8)12(11)15/h1-4,7H,5-6H2. The maximum absolute atomic E-state index is 12.0. The van der Waals surface area contributed by atoms with Crippen LogP contribution in [0.1, 0.15) is 20.7 Å². The third-order valence-corrected chi connectivity index (χ3v) is 4.73. The number of sulfone groups is 1. The van der Waals surface area contributed by atoms with Gasteiger partial charge in [0.2, 0.25) is 5.78 Å². The van der Waals surface area contributed by atoms with E-state index < -0.39 is 26.3 Å². The van der Waals surface area contributed by atoms with Crippen LogP contribution in [0, 0.1) is 0 Å². The number of carbonyl (C=O) groups is 2. The lowest BCUT2D eigenvalue weighted by Gasteiger charge is -2.14.